The monoisotopic (exact) mass is 379 g/mol. The summed E-state index contributed by atoms with van der Waals surface area (Å²) in [6, 6.07) is 2.89. The van der Waals surface area contributed by atoms with Crippen LogP contribution in [0.1, 0.15) is 25.3 Å². The highest BCUT2D eigenvalue weighted by Crippen LogP contribution is 2.19. The summed E-state index contributed by atoms with van der Waals surface area (Å²) in [5.74, 6) is -2.24. The number of phenolic OH excluding ortho intramolecular Hbond substituents is 1. The van der Waals surface area contributed by atoms with Crippen LogP contribution in [0.4, 0.5) is 0 Å². The molecule has 0 aliphatic carbocycles. The topological polar surface area (TPSA) is 153 Å². The van der Waals surface area contributed by atoms with Gasteiger partial charge in [0.05, 0.1) is 6.10 Å². The van der Waals surface area contributed by atoms with Gasteiger partial charge in [-0.1, -0.05) is 12.1 Å². The number of benzene rings is 1. The number of aliphatic carboxylic acids is 1. The Bertz CT molecular complexity index is 691. The van der Waals surface area contributed by atoms with Crippen LogP contribution in [0.25, 0.3) is 0 Å². The maximum absolute atomic E-state index is 12.6. The number of carbonyl (C=O) groups is 3. The van der Waals surface area contributed by atoms with Crippen molar-refractivity contribution in [2.45, 2.75) is 50.4 Å². The van der Waals surface area contributed by atoms with Crippen molar-refractivity contribution in [2.75, 3.05) is 6.54 Å². The molecule has 27 heavy (non-hydrogen) atoms. The van der Waals surface area contributed by atoms with Gasteiger partial charge in [0, 0.05) is 13.0 Å². The molecule has 4 unspecified atom stereocenters. The number of aliphatic hydroxyl groups excluding tert-OH is 1. The lowest BCUT2D eigenvalue weighted by Gasteiger charge is -2.28. The fourth-order valence-corrected chi connectivity index (χ4v) is 3.04. The van der Waals surface area contributed by atoms with Crippen LogP contribution in [-0.4, -0.2) is 68.8 Å². The Hall–Kier alpha value is -2.65. The third-order valence-corrected chi connectivity index (χ3v) is 4.63. The predicted molar refractivity (Wildman–Crippen MR) is 95.8 cm³/mol. The van der Waals surface area contributed by atoms with Crippen molar-refractivity contribution in [1.82, 2.24) is 10.2 Å². The number of aliphatic hydroxyl groups is 1. The summed E-state index contributed by atoms with van der Waals surface area (Å²) in [4.78, 5) is 37.8. The van der Waals surface area contributed by atoms with E-state index in [9.17, 15) is 29.7 Å². The Balaban J connectivity index is 2.06. The Labute approximate surface area is 156 Å². The first-order chi connectivity index (χ1) is 12.7. The summed E-state index contributed by atoms with van der Waals surface area (Å²) in [7, 11) is 0. The molecule has 9 heteroatoms. The summed E-state index contributed by atoms with van der Waals surface area (Å²) in [5, 5.41) is 30.7. The number of aromatic hydroxyl groups is 1. The molecule has 0 saturated carbocycles. The number of nitrogens with two attached hydrogens (primary N) is 1. The minimum Gasteiger partial charge on any atom is -0.508 e. The predicted octanol–water partition coefficient (Wildman–Crippen LogP) is -0.797. The number of phenols is 1. The molecule has 6 N–H and O–H groups in total. The number of rotatable bonds is 7. The van der Waals surface area contributed by atoms with Gasteiger partial charge in [-0.3, -0.25) is 9.59 Å². The van der Waals surface area contributed by atoms with Crippen molar-refractivity contribution < 1.29 is 29.7 Å². The number of carboxylic acid groups (broad SMARTS) is 1. The molecule has 1 aromatic carbocycles. The molecule has 1 aromatic rings. The Morgan fingerprint density at radius 1 is 1.30 bits per heavy atom. The number of carboxylic acids is 1. The molecule has 0 spiro atoms. The summed E-state index contributed by atoms with van der Waals surface area (Å²) in [6.07, 6.45) is -0.0280. The zero-order valence-electron chi connectivity index (χ0n) is 15.0. The van der Waals surface area contributed by atoms with Gasteiger partial charge in [0.25, 0.3) is 0 Å². The lowest BCUT2D eigenvalue weighted by Crippen LogP contribution is -2.56. The van der Waals surface area contributed by atoms with Crippen molar-refractivity contribution in [3.8, 4) is 5.75 Å². The fraction of sp³-hybridized carbons (Fsp3) is 0.500. The van der Waals surface area contributed by atoms with Crippen molar-refractivity contribution in [3.05, 3.63) is 29.8 Å². The number of nitrogens with zero attached hydrogens (tertiary/aromatic N) is 1. The molecule has 1 saturated heterocycles. The summed E-state index contributed by atoms with van der Waals surface area (Å²) >= 11 is 0. The minimum absolute atomic E-state index is 0.0369. The molecular formula is C18H25N3O6. The molecule has 1 aliphatic rings. The maximum Gasteiger partial charge on any atom is 0.326 e. The van der Waals surface area contributed by atoms with Gasteiger partial charge in [0.1, 0.15) is 23.9 Å². The number of amides is 2. The average Bonchev–Trinajstić information content (AvgIpc) is 3.11. The SMILES string of the molecule is CC(O)C(N)C(=O)N1CCCC1C(=O)NC(Cc1ccc(O)cc1)C(=O)O. The van der Waals surface area contributed by atoms with Gasteiger partial charge in [-0.05, 0) is 37.5 Å². The molecule has 148 valence electrons. The highest BCUT2D eigenvalue weighted by atomic mass is 16.4. The number of hydrogen-bond donors (Lipinski definition) is 5. The molecule has 0 aromatic heterocycles. The Morgan fingerprint density at radius 2 is 1.93 bits per heavy atom. The fourth-order valence-electron chi connectivity index (χ4n) is 3.04. The minimum atomic E-state index is -1.20. The van der Waals surface area contributed by atoms with Gasteiger partial charge in [0.15, 0.2) is 0 Å². The van der Waals surface area contributed by atoms with Crippen LogP contribution in [-0.2, 0) is 20.8 Å². The van der Waals surface area contributed by atoms with Gasteiger partial charge >= 0.3 is 5.97 Å². The van der Waals surface area contributed by atoms with E-state index in [0.717, 1.165) is 0 Å². The van der Waals surface area contributed by atoms with Crippen molar-refractivity contribution in [3.63, 3.8) is 0 Å². The van der Waals surface area contributed by atoms with Crippen molar-refractivity contribution >= 4 is 17.8 Å². The van der Waals surface area contributed by atoms with Crippen molar-refractivity contribution in [2.24, 2.45) is 5.73 Å². The normalized spacial score (nSPS) is 20.0. The van der Waals surface area contributed by atoms with Gasteiger partial charge in [0.2, 0.25) is 11.8 Å². The molecule has 0 bridgehead atoms. The zero-order valence-corrected chi connectivity index (χ0v) is 15.0. The molecule has 2 rings (SSSR count). The van der Waals surface area contributed by atoms with E-state index in [0.29, 0.717) is 24.9 Å². The molecule has 4 atom stereocenters. The molecule has 0 radical (unpaired) electrons. The van der Waals surface area contributed by atoms with Gasteiger partial charge in [-0.2, -0.15) is 0 Å². The Morgan fingerprint density at radius 3 is 2.48 bits per heavy atom. The van der Waals surface area contributed by atoms with Crippen LogP contribution >= 0.6 is 0 Å². The first-order valence-corrected chi connectivity index (χ1v) is 8.76. The summed E-state index contributed by atoms with van der Waals surface area (Å²) in [5.41, 5.74) is 6.31. The van der Waals surface area contributed by atoms with E-state index in [-0.39, 0.29) is 12.2 Å². The van der Waals surface area contributed by atoms with E-state index < -0.39 is 42.0 Å². The highest BCUT2D eigenvalue weighted by Gasteiger charge is 2.38. The van der Waals surface area contributed by atoms with E-state index in [1.54, 1.807) is 12.1 Å². The molecule has 1 fully saturated rings. The maximum atomic E-state index is 12.6. The molecule has 1 heterocycles. The van der Waals surface area contributed by atoms with Crippen molar-refractivity contribution in [1.29, 1.82) is 0 Å². The number of carbonyl (C=O) groups excluding carboxylic acids is 2. The van der Waals surface area contributed by atoms with Crippen LogP contribution in [0, 0.1) is 0 Å². The molecule has 2 amide bonds. The smallest absolute Gasteiger partial charge is 0.326 e. The second-order valence-electron chi connectivity index (χ2n) is 6.73. The van der Waals surface area contributed by atoms with Crippen LogP contribution in [0.3, 0.4) is 0 Å². The van der Waals surface area contributed by atoms with Crippen LogP contribution in [0.15, 0.2) is 24.3 Å². The van der Waals surface area contributed by atoms with Crippen LogP contribution in [0.5, 0.6) is 5.75 Å². The molecular weight excluding hydrogens is 354 g/mol. The lowest BCUT2D eigenvalue weighted by atomic mass is 10.0. The summed E-state index contributed by atoms with van der Waals surface area (Å²) in [6.45, 7) is 1.72. The first-order valence-electron chi connectivity index (χ1n) is 8.76. The number of likely N-dealkylation sites (tertiary alicyclic amines) is 1. The second-order valence-corrected chi connectivity index (χ2v) is 6.73. The standard InChI is InChI=1S/C18H25N3O6/c1-10(22)15(19)17(25)21-8-2-3-14(21)16(24)20-13(18(26)27)9-11-4-6-12(23)7-5-11/h4-7,10,13-15,22-23H,2-3,8-9,19H2,1H3,(H,20,24)(H,26,27). The van der Waals surface area contributed by atoms with Gasteiger partial charge in [-0.15, -0.1) is 0 Å². The highest BCUT2D eigenvalue weighted by molar-refractivity contribution is 5.92. The first kappa shape index (κ1) is 20.7. The lowest BCUT2D eigenvalue weighted by molar-refractivity contribution is -0.144. The number of hydrogen-bond acceptors (Lipinski definition) is 6. The van der Waals surface area contributed by atoms with E-state index in [1.165, 1.54) is 24.0 Å². The summed E-state index contributed by atoms with van der Waals surface area (Å²) < 4.78 is 0. The second kappa shape index (κ2) is 8.83. The molecule has 1 aliphatic heterocycles. The average molecular weight is 379 g/mol. The van der Waals surface area contributed by atoms with E-state index in [1.807, 2.05) is 0 Å². The quantitative estimate of drug-likeness (QED) is 0.416. The third kappa shape index (κ3) is 5.18. The van der Waals surface area contributed by atoms with E-state index in [2.05, 4.69) is 5.32 Å². The number of nitrogens with one attached hydrogen (secondary N) is 1. The Kier molecular flexibility index (Phi) is 6.75. The van der Waals surface area contributed by atoms with Crippen LogP contribution < -0.4 is 11.1 Å². The third-order valence-electron chi connectivity index (χ3n) is 4.63. The van der Waals surface area contributed by atoms with Gasteiger partial charge < -0.3 is 31.3 Å². The largest absolute Gasteiger partial charge is 0.508 e. The van der Waals surface area contributed by atoms with Gasteiger partial charge in [-0.25, -0.2) is 4.79 Å². The zero-order chi connectivity index (χ0) is 20.1. The van der Waals surface area contributed by atoms with E-state index >= 15 is 0 Å². The van der Waals surface area contributed by atoms with E-state index in [4.69, 9.17) is 5.73 Å². The van der Waals surface area contributed by atoms with Crippen LogP contribution in [0.2, 0.25) is 0 Å². The molecule has 9 nitrogen and oxygen atoms in total.